The van der Waals surface area contributed by atoms with Crippen LogP contribution in [0.2, 0.25) is 0 Å². The highest BCUT2D eigenvalue weighted by Crippen LogP contribution is 2.43. The smallest absolute Gasteiger partial charge is 0.269 e. The van der Waals surface area contributed by atoms with Gasteiger partial charge in [-0.1, -0.05) is 22.4 Å². The molecule has 260 valence electrons. The van der Waals surface area contributed by atoms with Crippen LogP contribution in [0.25, 0.3) is 0 Å². The predicted molar refractivity (Wildman–Crippen MR) is 199 cm³/mol. The van der Waals surface area contributed by atoms with E-state index in [1.54, 1.807) is 42.5 Å². The van der Waals surface area contributed by atoms with Crippen LogP contribution in [0, 0.1) is 0 Å². The molecule has 8 rings (SSSR count). The van der Waals surface area contributed by atoms with E-state index in [1.807, 2.05) is 6.07 Å². The van der Waals surface area contributed by atoms with E-state index in [0.29, 0.717) is 48.9 Å². The van der Waals surface area contributed by atoms with Gasteiger partial charge in [0.15, 0.2) is 28.7 Å². The van der Waals surface area contributed by atoms with Crippen LogP contribution < -0.4 is 20.1 Å². The second-order valence-electron chi connectivity index (χ2n) is 11.0. The number of oxime groups is 2. The van der Waals surface area contributed by atoms with Crippen molar-refractivity contribution in [3.8, 4) is 34.5 Å². The lowest BCUT2D eigenvalue weighted by molar-refractivity contribution is -0.115. The van der Waals surface area contributed by atoms with Crippen LogP contribution >= 0.6 is 63.7 Å². The number of phenols is 2. The molecule has 6 N–H and O–H groups in total. The topological polar surface area (TPSA) is 182 Å². The largest absolute Gasteiger partial charge is 0.504 e. The highest BCUT2D eigenvalue weighted by atomic mass is 79.9. The van der Waals surface area contributed by atoms with E-state index in [2.05, 4.69) is 84.7 Å². The minimum absolute atomic E-state index is 0.0179. The fourth-order valence-corrected chi connectivity index (χ4v) is 7.25. The molecule has 0 saturated carbocycles. The van der Waals surface area contributed by atoms with Crippen LogP contribution in [-0.4, -0.2) is 57.0 Å². The molecule has 0 aliphatic carbocycles. The number of ether oxygens (including phenoxy) is 2. The third kappa shape index (κ3) is 9.15. The molecule has 50 heavy (non-hydrogen) atoms. The number of carbonyl (C=O) groups is 2. The summed E-state index contributed by atoms with van der Waals surface area (Å²) in [4.78, 5) is 25.9. The molecule has 4 aliphatic heterocycles. The first-order chi connectivity index (χ1) is 23.9. The molecule has 0 atom stereocenters. The van der Waals surface area contributed by atoms with E-state index < -0.39 is 11.8 Å². The van der Waals surface area contributed by atoms with Crippen LogP contribution in [-0.2, 0) is 35.3 Å². The van der Waals surface area contributed by atoms with E-state index in [-0.39, 0.29) is 64.8 Å². The van der Waals surface area contributed by atoms with E-state index in [1.165, 1.54) is 12.1 Å². The zero-order valence-corrected chi connectivity index (χ0v) is 32.2. The normalized spacial score (nSPS) is 16.2. The maximum absolute atomic E-state index is 13.0. The Labute approximate surface area is 319 Å². The lowest BCUT2D eigenvalue weighted by Gasteiger charge is -2.15. The van der Waals surface area contributed by atoms with Crippen LogP contribution in [0.3, 0.4) is 0 Å². The fraction of sp³-hybridized carbons (Fsp3) is 0.176. The zero-order chi connectivity index (χ0) is 35.9. The summed E-state index contributed by atoms with van der Waals surface area (Å²) in [6.45, 7) is 0.415. The maximum atomic E-state index is 13.0. The standard InChI is InChI=1S/C34H28Br4N4O8/c35-21-3-1-18-6-8-40-33(45)25(41-47)12-19-10-23(37)32(24(38)11-19)50-30-16-20(9-22(36)31(30)44)13-26(42-48)34(46)39-7-5-17-2-4-28(27(43)14-17)49-29(21)15-18/h1-4,9-11,14-16,43-44,47-48H,5-8,12-13H2,(H,39,46)(H,40,45). The first-order valence-electron chi connectivity index (χ1n) is 14.9. The molecule has 0 radical (unpaired) electrons. The number of hydrogen-bond acceptors (Lipinski definition) is 10. The van der Waals surface area contributed by atoms with Crippen molar-refractivity contribution in [1.82, 2.24) is 10.6 Å². The van der Waals surface area contributed by atoms with Crippen molar-refractivity contribution < 1.29 is 39.7 Å². The van der Waals surface area contributed by atoms with Crippen molar-refractivity contribution in [2.24, 2.45) is 10.3 Å². The zero-order valence-electron chi connectivity index (χ0n) is 25.8. The van der Waals surface area contributed by atoms with Crippen LogP contribution in [0.5, 0.6) is 34.5 Å². The maximum Gasteiger partial charge on any atom is 0.269 e. The summed E-state index contributed by atoms with van der Waals surface area (Å²) in [6, 6.07) is 16.8. The van der Waals surface area contributed by atoms with Gasteiger partial charge >= 0.3 is 0 Å². The van der Waals surface area contributed by atoms with Crippen molar-refractivity contribution in [3.63, 3.8) is 0 Å². The Kier molecular flexibility index (Phi) is 12.4. The Hall–Kier alpha value is -4.12. The minimum atomic E-state index is -0.609. The van der Waals surface area contributed by atoms with Gasteiger partial charge in [0.2, 0.25) is 0 Å². The molecule has 4 aliphatic rings. The highest BCUT2D eigenvalue weighted by Gasteiger charge is 2.21. The Morgan fingerprint density at radius 3 is 1.68 bits per heavy atom. The number of phenolic OH excluding ortho intramolecular Hbond substituents is 2. The lowest BCUT2D eigenvalue weighted by atomic mass is 10.1. The van der Waals surface area contributed by atoms with Gasteiger partial charge in [-0.2, -0.15) is 0 Å². The monoisotopic (exact) mass is 936 g/mol. The molecule has 0 aromatic heterocycles. The summed E-state index contributed by atoms with van der Waals surface area (Å²) in [5.74, 6) is -0.500. The van der Waals surface area contributed by atoms with Gasteiger partial charge in [-0.05, 0) is 147 Å². The fourth-order valence-electron chi connectivity index (χ4n) is 4.99. The third-order valence-corrected chi connectivity index (χ3v) is 9.94. The Balaban J connectivity index is 1.46. The van der Waals surface area contributed by atoms with Crippen molar-refractivity contribution in [2.45, 2.75) is 25.7 Å². The van der Waals surface area contributed by atoms with Crippen LogP contribution in [0.15, 0.2) is 88.9 Å². The summed E-state index contributed by atoms with van der Waals surface area (Å²) in [5.41, 5.74) is 2.34. The number of nitrogens with zero attached hydrogens (tertiary/aromatic N) is 2. The number of carbonyl (C=O) groups excluding carboxylic acids is 2. The molecule has 4 aromatic rings. The summed E-state index contributed by atoms with van der Waals surface area (Å²) in [7, 11) is 0. The van der Waals surface area contributed by atoms with E-state index in [0.717, 1.165) is 11.1 Å². The summed E-state index contributed by atoms with van der Waals surface area (Å²) >= 11 is 13.7. The SMILES string of the molecule is O=C1NCCc2ccc(Br)c(c2)Oc2ccc(cc2O)CCNC(=O)C(=NO)Cc2cc(Br)c(O)c(c2)Oc2c(Br)cc(cc2Br)CC1=NO. The number of nitrogens with one attached hydrogen (secondary N) is 2. The van der Waals surface area contributed by atoms with Gasteiger partial charge in [-0.3, -0.25) is 9.59 Å². The number of aromatic hydroxyl groups is 2. The molecular formula is C34H28Br4N4O8. The van der Waals surface area contributed by atoms with Gasteiger partial charge in [0.25, 0.3) is 11.8 Å². The second-order valence-corrected chi connectivity index (χ2v) is 14.5. The molecule has 4 heterocycles. The number of rotatable bonds is 0. The van der Waals surface area contributed by atoms with Crippen molar-refractivity contribution in [3.05, 3.63) is 101 Å². The Bertz CT molecular complexity index is 2000. The molecule has 8 bridgehead atoms. The molecule has 16 heteroatoms. The number of halogens is 4. The molecule has 0 spiro atoms. The van der Waals surface area contributed by atoms with Crippen LogP contribution in [0.1, 0.15) is 22.3 Å². The molecule has 12 nitrogen and oxygen atoms in total. The van der Waals surface area contributed by atoms with E-state index in [9.17, 15) is 30.2 Å². The summed E-state index contributed by atoms with van der Waals surface area (Å²) in [5, 5.41) is 52.8. The van der Waals surface area contributed by atoms with Gasteiger partial charge in [-0.25, -0.2) is 0 Å². The Morgan fingerprint density at radius 2 is 1.10 bits per heavy atom. The molecule has 0 saturated heterocycles. The summed E-state index contributed by atoms with van der Waals surface area (Å²) in [6.07, 6.45) is 0.668. The molecule has 0 unspecified atom stereocenters. The predicted octanol–water partition coefficient (Wildman–Crippen LogP) is 7.51. The molecule has 0 fully saturated rings. The average molecular weight is 940 g/mol. The van der Waals surface area contributed by atoms with Gasteiger partial charge in [0, 0.05) is 25.9 Å². The first kappa shape index (κ1) is 37.1. The van der Waals surface area contributed by atoms with E-state index >= 15 is 0 Å². The van der Waals surface area contributed by atoms with Crippen molar-refractivity contribution in [2.75, 3.05) is 13.1 Å². The minimum Gasteiger partial charge on any atom is -0.504 e. The van der Waals surface area contributed by atoms with Gasteiger partial charge in [-0.15, -0.1) is 0 Å². The number of hydrogen-bond donors (Lipinski definition) is 6. The Morgan fingerprint density at radius 1 is 0.580 bits per heavy atom. The van der Waals surface area contributed by atoms with Gasteiger partial charge in [0.1, 0.15) is 17.2 Å². The third-order valence-electron chi connectivity index (χ3n) is 7.50. The van der Waals surface area contributed by atoms with Gasteiger partial charge in [0.05, 0.1) is 17.9 Å². The van der Waals surface area contributed by atoms with Crippen molar-refractivity contribution in [1.29, 1.82) is 0 Å². The van der Waals surface area contributed by atoms with Gasteiger partial charge < -0.3 is 40.7 Å². The average Bonchev–Trinajstić information content (AvgIpc) is 3.08. The molecule has 2 amide bonds. The number of benzene rings is 4. The van der Waals surface area contributed by atoms with Crippen LogP contribution in [0.4, 0.5) is 0 Å². The number of amides is 2. The highest BCUT2D eigenvalue weighted by molar-refractivity contribution is 9.11. The summed E-state index contributed by atoms with van der Waals surface area (Å²) < 4.78 is 13.9. The van der Waals surface area contributed by atoms with E-state index in [4.69, 9.17) is 9.47 Å². The lowest BCUT2D eigenvalue weighted by Crippen LogP contribution is -2.33. The quantitative estimate of drug-likeness (QED) is 0.0774. The second kappa shape index (κ2) is 16.7. The first-order valence-corrected chi connectivity index (χ1v) is 18.1. The molecular weight excluding hydrogens is 912 g/mol. The molecule has 4 aromatic carbocycles. The van der Waals surface area contributed by atoms with Crippen molar-refractivity contribution >= 4 is 87.0 Å².